The number of carbonyl (C=O) groups is 2. The van der Waals surface area contributed by atoms with Crippen molar-refractivity contribution in [3.8, 4) is 0 Å². The number of likely N-dealkylation sites (tertiary alicyclic amines) is 3. The number of rotatable bonds is 3. The molecule has 5 rings (SSSR count). The molecule has 1 aliphatic carbocycles. The fourth-order valence-corrected chi connectivity index (χ4v) is 6.14. The van der Waals surface area contributed by atoms with Gasteiger partial charge in [0.15, 0.2) is 0 Å². The summed E-state index contributed by atoms with van der Waals surface area (Å²) in [4.78, 5) is 32.9. The third-order valence-corrected chi connectivity index (χ3v) is 8.04. The Morgan fingerprint density at radius 2 is 1.85 bits per heavy atom. The maximum Gasteiger partial charge on any atom is 0.230 e. The molecule has 2 unspecified atom stereocenters. The standard InChI is InChI=1S/C21H33N3O3/c1-22-8-3-15(4-9-22)11-23-10-6-21(20(23)26)5-2-7-24(14-21)19(25)18-16-12-27-13-17(16)18/h15-18H,2-14H2,1H3/t16-,17+,18?,21?. The van der Waals surface area contributed by atoms with Crippen LogP contribution in [0.4, 0.5) is 0 Å². The molecule has 27 heavy (non-hydrogen) atoms. The van der Waals surface area contributed by atoms with E-state index in [9.17, 15) is 9.59 Å². The Bertz CT molecular complexity index is 608. The van der Waals surface area contributed by atoms with Gasteiger partial charge in [-0.1, -0.05) is 0 Å². The second-order valence-corrected chi connectivity index (χ2v) is 9.78. The fraction of sp³-hybridized carbons (Fsp3) is 0.905. The van der Waals surface area contributed by atoms with Gasteiger partial charge in [-0.05, 0) is 70.0 Å². The first-order valence-corrected chi connectivity index (χ1v) is 10.9. The Morgan fingerprint density at radius 3 is 2.59 bits per heavy atom. The van der Waals surface area contributed by atoms with Crippen molar-refractivity contribution in [3.05, 3.63) is 0 Å². The summed E-state index contributed by atoms with van der Waals surface area (Å²) < 4.78 is 5.44. The molecule has 4 saturated heterocycles. The average Bonchev–Trinajstić information content (AvgIpc) is 3.00. The minimum absolute atomic E-state index is 0.181. The van der Waals surface area contributed by atoms with Crippen molar-refractivity contribution in [1.82, 2.24) is 14.7 Å². The Balaban J connectivity index is 1.21. The van der Waals surface area contributed by atoms with Crippen LogP contribution < -0.4 is 0 Å². The molecule has 2 amide bonds. The smallest absolute Gasteiger partial charge is 0.230 e. The molecule has 4 atom stereocenters. The minimum atomic E-state index is -0.292. The molecular formula is C21H33N3O3. The van der Waals surface area contributed by atoms with Crippen LogP contribution in [0.15, 0.2) is 0 Å². The molecule has 4 aliphatic heterocycles. The molecule has 0 aromatic rings. The predicted molar refractivity (Wildman–Crippen MR) is 101 cm³/mol. The van der Waals surface area contributed by atoms with Gasteiger partial charge in [-0.25, -0.2) is 0 Å². The van der Waals surface area contributed by atoms with Gasteiger partial charge in [0, 0.05) is 32.1 Å². The van der Waals surface area contributed by atoms with Gasteiger partial charge in [0.1, 0.15) is 0 Å². The molecular weight excluding hydrogens is 342 g/mol. The normalized spacial score (nSPS) is 40.0. The van der Waals surface area contributed by atoms with Gasteiger partial charge >= 0.3 is 0 Å². The summed E-state index contributed by atoms with van der Waals surface area (Å²) in [6.45, 7) is 7.10. The first-order valence-electron chi connectivity index (χ1n) is 10.9. The van der Waals surface area contributed by atoms with Crippen LogP contribution in [0, 0.1) is 29.1 Å². The van der Waals surface area contributed by atoms with Crippen molar-refractivity contribution in [1.29, 1.82) is 0 Å². The van der Waals surface area contributed by atoms with Crippen molar-refractivity contribution >= 4 is 11.8 Å². The zero-order chi connectivity index (χ0) is 18.6. The van der Waals surface area contributed by atoms with Crippen molar-refractivity contribution in [3.63, 3.8) is 0 Å². The van der Waals surface area contributed by atoms with Gasteiger partial charge in [-0.2, -0.15) is 0 Å². The van der Waals surface area contributed by atoms with Crippen LogP contribution in [0.3, 0.4) is 0 Å². The van der Waals surface area contributed by atoms with Gasteiger partial charge in [-0.15, -0.1) is 0 Å². The lowest BCUT2D eigenvalue weighted by Crippen LogP contribution is -2.51. The highest BCUT2D eigenvalue weighted by Gasteiger charge is 2.60. The Labute approximate surface area is 162 Å². The van der Waals surface area contributed by atoms with E-state index in [1.54, 1.807) is 0 Å². The number of ether oxygens (including phenoxy) is 1. The van der Waals surface area contributed by atoms with Crippen LogP contribution >= 0.6 is 0 Å². The van der Waals surface area contributed by atoms with Crippen molar-refractivity contribution in [2.24, 2.45) is 29.1 Å². The number of fused-ring (bicyclic) bond motifs is 1. The molecule has 0 aromatic carbocycles. The van der Waals surface area contributed by atoms with E-state index in [0.29, 0.717) is 36.1 Å². The molecule has 6 nitrogen and oxygen atoms in total. The van der Waals surface area contributed by atoms with Gasteiger partial charge in [0.05, 0.1) is 18.6 Å². The molecule has 5 fully saturated rings. The van der Waals surface area contributed by atoms with Crippen molar-refractivity contribution in [2.75, 3.05) is 59.5 Å². The van der Waals surface area contributed by atoms with E-state index in [0.717, 1.165) is 65.2 Å². The number of hydrogen-bond acceptors (Lipinski definition) is 4. The summed E-state index contributed by atoms with van der Waals surface area (Å²) in [5.74, 6) is 2.37. The molecule has 0 aromatic heterocycles. The zero-order valence-corrected chi connectivity index (χ0v) is 16.6. The van der Waals surface area contributed by atoms with E-state index in [2.05, 4.69) is 16.8 Å². The van der Waals surface area contributed by atoms with E-state index in [-0.39, 0.29) is 11.3 Å². The molecule has 0 N–H and O–H groups in total. The summed E-state index contributed by atoms with van der Waals surface area (Å²) in [5, 5.41) is 0. The Kier molecular flexibility index (Phi) is 4.47. The zero-order valence-electron chi connectivity index (χ0n) is 16.6. The van der Waals surface area contributed by atoms with Crippen molar-refractivity contribution < 1.29 is 14.3 Å². The largest absolute Gasteiger partial charge is 0.381 e. The summed E-state index contributed by atoms with van der Waals surface area (Å²) in [7, 11) is 2.18. The highest BCUT2D eigenvalue weighted by molar-refractivity contribution is 5.87. The maximum absolute atomic E-state index is 13.3. The van der Waals surface area contributed by atoms with E-state index < -0.39 is 0 Å². The van der Waals surface area contributed by atoms with Crippen LogP contribution in [0.1, 0.15) is 32.1 Å². The molecule has 6 heteroatoms. The number of hydrogen-bond donors (Lipinski definition) is 0. The van der Waals surface area contributed by atoms with Crippen LogP contribution in [-0.2, 0) is 14.3 Å². The number of piperidine rings is 2. The molecule has 4 heterocycles. The Hall–Kier alpha value is -1.14. The van der Waals surface area contributed by atoms with Crippen LogP contribution in [0.5, 0.6) is 0 Å². The van der Waals surface area contributed by atoms with E-state index in [1.807, 2.05) is 4.90 Å². The molecule has 5 aliphatic rings. The predicted octanol–water partition coefficient (Wildman–Crippen LogP) is 1.06. The average molecular weight is 376 g/mol. The molecule has 1 spiro atoms. The maximum atomic E-state index is 13.3. The minimum Gasteiger partial charge on any atom is -0.381 e. The number of carbonyl (C=O) groups excluding carboxylic acids is 2. The lowest BCUT2D eigenvalue weighted by molar-refractivity contribution is -0.145. The molecule has 150 valence electrons. The summed E-state index contributed by atoms with van der Waals surface area (Å²) in [6, 6.07) is 0. The summed E-state index contributed by atoms with van der Waals surface area (Å²) >= 11 is 0. The number of amides is 2. The topological polar surface area (TPSA) is 53.1 Å². The SMILES string of the molecule is CN1CCC(CN2CCC3(CCCN(C(=O)C4[C@H]5COC[C@@H]45)C3)C2=O)CC1. The highest BCUT2D eigenvalue weighted by Crippen LogP contribution is 2.52. The summed E-state index contributed by atoms with van der Waals surface area (Å²) in [5.41, 5.74) is -0.292. The second-order valence-electron chi connectivity index (χ2n) is 9.78. The molecule has 0 bridgehead atoms. The quantitative estimate of drug-likeness (QED) is 0.740. The third-order valence-electron chi connectivity index (χ3n) is 8.04. The lowest BCUT2D eigenvalue weighted by Gasteiger charge is -2.40. The lowest BCUT2D eigenvalue weighted by atomic mass is 9.78. The molecule has 0 radical (unpaired) electrons. The highest BCUT2D eigenvalue weighted by atomic mass is 16.5. The Morgan fingerprint density at radius 1 is 1.11 bits per heavy atom. The van der Waals surface area contributed by atoms with Crippen LogP contribution in [-0.4, -0.2) is 86.0 Å². The monoisotopic (exact) mass is 375 g/mol. The van der Waals surface area contributed by atoms with Gasteiger partial charge < -0.3 is 19.4 Å². The van der Waals surface area contributed by atoms with Gasteiger partial charge in [0.25, 0.3) is 0 Å². The van der Waals surface area contributed by atoms with Crippen LogP contribution in [0.2, 0.25) is 0 Å². The first kappa shape index (κ1) is 17.9. The van der Waals surface area contributed by atoms with E-state index >= 15 is 0 Å². The first-order chi connectivity index (χ1) is 13.1. The van der Waals surface area contributed by atoms with E-state index in [1.165, 1.54) is 12.8 Å². The van der Waals surface area contributed by atoms with E-state index in [4.69, 9.17) is 4.74 Å². The van der Waals surface area contributed by atoms with Gasteiger partial charge in [-0.3, -0.25) is 9.59 Å². The number of nitrogens with zero attached hydrogens (tertiary/aromatic N) is 3. The summed E-state index contributed by atoms with van der Waals surface area (Å²) in [6.07, 6.45) is 5.26. The van der Waals surface area contributed by atoms with Crippen LogP contribution in [0.25, 0.3) is 0 Å². The van der Waals surface area contributed by atoms with Gasteiger partial charge in [0.2, 0.25) is 11.8 Å². The second kappa shape index (κ2) is 6.73. The molecule has 1 saturated carbocycles. The fourth-order valence-electron chi connectivity index (χ4n) is 6.14. The third kappa shape index (κ3) is 3.09. The van der Waals surface area contributed by atoms with Crippen molar-refractivity contribution in [2.45, 2.75) is 32.1 Å².